The zero-order valence-corrected chi connectivity index (χ0v) is 16.2. The Labute approximate surface area is 154 Å². The van der Waals surface area contributed by atoms with Crippen molar-refractivity contribution in [3.63, 3.8) is 0 Å². The molecule has 0 aromatic heterocycles. The van der Waals surface area contributed by atoms with Crippen molar-refractivity contribution in [3.05, 3.63) is 35.6 Å². The Balaban J connectivity index is 1.37. The van der Waals surface area contributed by atoms with Crippen molar-refractivity contribution in [1.29, 1.82) is 0 Å². The van der Waals surface area contributed by atoms with Gasteiger partial charge in [-0.1, -0.05) is 64.0 Å². The van der Waals surface area contributed by atoms with Crippen molar-refractivity contribution in [2.45, 2.75) is 96.3 Å². The van der Waals surface area contributed by atoms with Crippen LogP contribution in [0.25, 0.3) is 0 Å². The summed E-state index contributed by atoms with van der Waals surface area (Å²) in [5, 5.41) is 0. The van der Waals surface area contributed by atoms with Crippen LogP contribution in [0.1, 0.15) is 102 Å². The van der Waals surface area contributed by atoms with Crippen LogP contribution in [0.2, 0.25) is 0 Å². The zero-order chi connectivity index (χ0) is 17.5. The van der Waals surface area contributed by atoms with Crippen molar-refractivity contribution in [2.75, 3.05) is 0 Å². The lowest BCUT2D eigenvalue weighted by atomic mass is 9.68. The molecule has 1 heteroatoms. The van der Waals surface area contributed by atoms with Crippen molar-refractivity contribution in [1.82, 2.24) is 0 Å². The molecule has 0 saturated heterocycles. The fraction of sp³-hybridized carbons (Fsp3) is 0.750. The van der Waals surface area contributed by atoms with E-state index in [9.17, 15) is 4.39 Å². The predicted molar refractivity (Wildman–Crippen MR) is 105 cm³/mol. The molecule has 0 radical (unpaired) electrons. The molecule has 0 unspecified atom stereocenters. The lowest BCUT2D eigenvalue weighted by Gasteiger charge is -2.38. The Morgan fingerprint density at radius 1 is 0.760 bits per heavy atom. The number of rotatable bonds is 7. The van der Waals surface area contributed by atoms with E-state index in [1.54, 1.807) is 12.1 Å². The molecule has 2 saturated carbocycles. The number of unbranched alkanes of at least 4 members (excludes halogenated alkanes) is 3. The highest BCUT2D eigenvalue weighted by molar-refractivity contribution is 5.20. The van der Waals surface area contributed by atoms with Gasteiger partial charge in [0.15, 0.2) is 0 Å². The molecule has 0 nitrogen and oxygen atoms in total. The maximum Gasteiger partial charge on any atom is 0.123 e. The van der Waals surface area contributed by atoms with Gasteiger partial charge < -0.3 is 0 Å². The molecule has 0 spiro atoms. The van der Waals surface area contributed by atoms with Crippen LogP contribution < -0.4 is 0 Å². The minimum absolute atomic E-state index is 0.108. The van der Waals surface area contributed by atoms with Crippen LogP contribution in [-0.2, 0) is 0 Å². The Morgan fingerprint density at radius 3 is 1.96 bits per heavy atom. The van der Waals surface area contributed by atoms with Gasteiger partial charge in [-0.05, 0) is 79.9 Å². The van der Waals surface area contributed by atoms with Crippen LogP contribution in [0.3, 0.4) is 0 Å². The molecule has 3 rings (SSSR count). The molecular weight excluding hydrogens is 307 g/mol. The van der Waals surface area contributed by atoms with Gasteiger partial charge >= 0.3 is 0 Å². The molecule has 0 bridgehead atoms. The highest BCUT2D eigenvalue weighted by Gasteiger charge is 2.31. The third-order valence-corrected chi connectivity index (χ3v) is 7.14. The van der Waals surface area contributed by atoms with Crippen molar-refractivity contribution < 1.29 is 4.39 Å². The van der Waals surface area contributed by atoms with E-state index in [1.165, 1.54) is 89.0 Å². The molecule has 25 heavy (non-hydrogen) atoms. The third-order valence-electron chi connectivity index (χ3n) is 7.14. The van der Waals surface area contributed by atoms with E-state index < -0.39 is 0 Å². The second kappa shape index (κ2) is 9.74. The van der Waals surface area contributed by atoms with Gasteiger partial charge in [-0.25, -0.2) is 4.39 Å². The van der Waals surface area contributed by atoms with Gasteiger partial charge in [-0.15, -0.1) is 0 Å². The van der Waals surface area contributed by atoms with E-state index in [-0.39, 0.29) is 5.82 Å². The average Bonchev–Trinajstić information content (AvgIpc) is 2.67. The number of hydrogen-bond acceptors (Lipinski definition) is 0. The average molecular weight is 345 g/mol. The summed E-state index contributed by atoms with van der Waals surface area (Å²) >= 11 is 0. The molecule has 1 aromatic carbocycles. The van der Waals surface area contributed by atoms with Crippen LogP contribution >= 0.6 is 0 Å². The second-order valence-corrected chi connectivity index (χ2v) is 8.79. The molecule has 0 N–H and O–H groups in total. The Morgan fingerprint density at radius 2 is 1.36 bits per heavy atom. The summed E-state index contributed by atoms with van der Waals surface area (Å²) in [6.07, 6.45) is 18.6. The highest BCUT2D eigenvalue weighted by Crippen LogP contribution is 2.44. The summed E-state index contributed by atoms with van der Waals surface area (Å²) in [5.74, 6) is 3.57. The van der Waals surface area contributed by atoms with E-state index in [4.69, 9.17) is 0 Å². The fourth-order valence-electron chi connectivity index (χ4n) is 5.47. The molecule has 2 aliphatic carbocycles. The molecule has 1 aromatic rings. The highest BCUT2D eigenvalue weighted by atomic mass is 19.1. The maximum absolute atomic E-state index is 13.1. The van der Waals surface area contributed by atoms with Crippen molar-refractivity contribution >= 4 is 0 Å². The second-order valence-electron chi connectivity index (χ2n) is 8.79. The molecule has 0 aliphatic heterocycles. The van der Waals surface area contributed by atoms with Gasteiger partial charge in [0, 0.05) is 0 Å². The quantitative estimate of drug-likeness (QED) is 0.441. The molecule has 0 heterocycles. The summed E-state index contributed by atoms with van der Waals surface area (Å²) in [6.45, 7) is 2.30. The van der Waals surface area contributed by atoms with Crippen LogP contribution in [0, 0.1) is 23.6 Å². The van der Waals surface area contributed by atoms with Gasteiger partial charge in [0.1, 0.15) is 5.82 Å². The smallest absolute Gasteiger partial charge is 0.123 e. The van der Waals surface area contributed by atoms with Crippen LogP contribution in [0.4, 0.5) is 4.39 Å². The molecule has 0 amide bonds. The van der Waals surface area contributed by atoms with Gasteiger partial charge in [0.05, 0.1) is 0 Å². The number of benzene rings is 1. The Kier molecular flexibility index (Phi) is 7.37. The monoisotopic (exact) mass is 344 g/mol. The minimum Gasteiger partial charge on any atom is -0.207 e. The largest absolute Gasteiger partial charge is 0.207 e. The summed E-state index contributed by atoms with van der Waals surface area (Å²) in [7, 11) is 0. The van der Waals surface area contributed by atoms with E-state index >= 15 is 0 Å². The molecule has 2 aliphatic rings. The summed E-state index contributed by atoms with van der Waals surface area (Å²) in [6, 6.07) is 7.26. The van der Waals surface area contributed by atoms with Gasteiger partial charge in [-0.2, -0.15) is 0 Å². The first-order chi connectivity index (χ1) is 12.3. The van der Waals surface area contributed by atoms with Crippen molar-refractivity contribution in [3.8, 4) is 0 Å². The minimum atomic E-state index is -0.108. The Bertz CT molecular complexity index is 475. The first kappa shape index (κ1) is 18.9. The summed E-state index contributed by atoms with van der Waals surface area (Å²) in [4.78, 5) is 0. The van der Waals surface area contributed by atoms with E-state index in [1.807, 2.05) is 12.1 Å². The number of hydrogen-bond donors (Lipinski definition) is 0. The van der Waals surface area contributed by atoms with Crippen LogP contribution in [0.15, 0.2) is 24.3 Å². The van der Waals surface area contributed by atoms with E-state index in [2.05, 4.69) is 6.92 Å². The van der Waals surface area contributed by atoms with E-state index in [0.29, 0.717) is 5.92 Å². The van der Waals surface area contributed by atoms with Crippen LogP contribution in [-0.4, -0.2) is 0 Å². The normalized spacial score (nSPS) is 30.3. The predicted octanol–water partition coefficient (Wildman–Crippen LogP) is 7.88. The lowest BCUT2D eigenvalue weighted by molar-refractivity contribution is 0.155. The molecule has 140 valence electrons. The fourth-order valence-corrected chi connectivity index (χ4v) is 5.47. The first-order valence-corrected chi connectivity index (χ1v) is 11.0. The molecular formula is C24H37F. The van der Waals surface area contributed by atoms with Gasteiger partial charge in [0.2, 0.25) is 0 Å². The molecule has 0 atom stereocenters. The van der Waals surface area contributed by atoms with E-state index in [0.717, 1.165) is 17.8 Å². The van der Waals surface area contributed by atoms with Gasteiger partial charge in [0.25, 0.3) is 0 Å². The Hall–Kier alpha value is -0.850. The summed E-state index contributed by atoms with van der Waals surface area (Å²) in [5.41, 5.74) is 1.36. The summed E-state index contributed by atoms with van der Waals surface area (Å²) < 4.78 is 13.1. The third kappa shape index (κ3) is 5.56. The topological polar surface area (TPSA) is 0 Å². The zero-order valence-electron chi connectivity index (χ0n) is 16.2. The number of halogens is 1. The first-order valence-electron chi connectivity index (χ1n) is 11.0. The van der Waals surface area contributed by atoms with Crippen LogP contribution in [0.5, 0.6) is 0 Å². The lowest BCUT2D eigenvalue weighted by Crippen LogP contribution is -2.25. The maximum atomic E-state index is 13.1. The standard InChI is InChI=1S/C24H37F/c1-2-3-4-5-6-19-7-9-20(10-8-19)21-11-13-22(14-12-21)23-15-17-24(25)18-16-23/h15-22H,2-14H2,1H3/t19-,20-,21-,22-. The SMILES string of the molecule is CCCCCC[C@H]1CC[C@H]([C@H]2CC[C@H](c3ccc(F)cc3)CC2)CC1. The van der Waals surface area contributed by atoms with Gasteiger partial charge in [-0.3, -0.25) is 0 Å². The molecule has 2 fully saturated rings. The van der Waals surface area contributed by atoms with Crippen molar-refractivity contribution in [2.24, 2.45) is 17.8 Å².